The number of aryl methyl sites for hydroxylation is 1. The molecule has 0 radical (unpaired) electrons. The number of allylic oxidation sites excluding steroid dienone is 8. The summed E-state index contributed by atoms with van der Waals surface area (Å²) in [6.07, 6.45) is 20.0. The van der Waals surface area contributed by atoms with E-state index in [1.165, 1.54) is 81.8 Å². The lowest BCUT2D eigenvalue weighted by Gasteiger charge is -2.42. The fourth-order valence-electron chi connectivity index (χ4n) is 9.65. The molecule has 10 rings (SSSR count). The second-order valence-corrected chi connectivity index (χ2v) is 16.1. The number of hydrogen-bond donors (Lipinski definition) is 0. The van der Waals surface area contributed by atoms with Crippen LogP contribution in [0.3, 0.4) is 0 Å². The van der Waals surface area contributed by atoms with Gasteiger partial charge in [-0.15, -0.1) is 11.3 Å². The average Bonchev–Trinajstić information content (AvgIpc) is 3.60. The zero-order chi connectivity index (χ0) is 34.6. The number of hydrogen-bond acceptors (Lipinski definition) is 1. The Morgan fingerprint density at radius 2 is 1.33 bits per heavy atom. The molecule has 4 aliphatic carbocycles. The maximum atomic E-state index is 2.66. The van der Waals surface area contributed by atoms with Gasteiger partial charge in [-0.25, -0.2) is 0 Å². The summed E-state index contributed by atoms with van der Waals surface area (Å²) in [6.45, 7) is 2.49. The van der Waals surface area contributed by atoms with Crippen LogP contribution in [0.1, 0.15) is 82.3 Å². The van der Waals surface area contributed by atoms with Crippen molar-refractivity contribution in [2.45, 2.75) is 44.9 Å². The first-order chi connectivity index (χ1) is 25.7. The molecular weight excluding hydrogens is 645 g/mol. The van der Waals surface area contributed by atoms with Crippen LogP contribution < -0.4 is 0 Å². The van der Waals surface area contributed by atoms with Crippen LogP contribution in [0.2, 0.25) is 0 Å². The lowest BCUT2D eigenvalue weighted by molar-refractivity contribution is 0.443. The Labute approximate surface area is 311 Å². The third-order valence-corrected chi connectivity index (χ3v) is 13.1. The van der Waals surface area contributed by atoms with Crippen LogP contribution in [0.4, 0.5) is 0 Å². The first-order valence-electron chi connectivity index (χ1n) is 19.1. The highest BCUT2D eigenvalue weighted by atomic mass is 32.1. The van der Waals surface area contributed by atoms with E-state index in [1.807, 2.05) is 11.3 Å². The Balaban J connectivity index is 1.24. The van der Waals surface area contributed by atoms with Crippen LogP contribution in [-0.2, 0) is 6.42 Å². The normalized spacial score (nSPS) is 20.6. The molecule has 6 aromatic rings. The monoisotopic (exact) mass is 686 g/mol. The van der Waals surface area contributed by atoms with E-state index >= 15 is 0 Å². The molecule has 3 unspecified atom stereocenters. The van der Waals surface area contributed by atoms with E-state index in [9.17, 15) is 0 Å². The molecule has 0 aliphatic heterocycles. The van der Waals surface area contributed by atoms with Crippen LogP contribution in [0.25, 0.3) is 44.0 Å². The molecule has 3 atom stereocenters. The highest BCUT2D eigenvalue weighted by Gasteiger charge is 2.41. The van der Waals surface area contributed by atoms with Gasteiger partial charge in [0.1, 0.15) is 0 Å². The Kier molecular flexibility index (Phi) is 7.91. The molecule has 0 nitrogen and oxygen atoms in total. The summed E-state index contributed by atoms with van der Waals surface area (Å²) in [6, 6.07) is 46.0. The van der Waals surface area contributed by atoms with Gasteiger partial charge in [0.2, 0.25) is 0 Å². The van der Waals surface area contributed by atoms with Gasteiger partial charge in [0, 0.05) is 20.9 Å². The second kappa shape index (κ2) is 13.1. The SMILES string of the molecule is CC1CC2C(=C(c3cccc(C4=CCCC=C4)c3)c3ccccc3C2c2ccccc2-c2ccccc2)C=C1c1cccc2sc3c(c12)CCC=C3. The fraction of sp³-hybridized carbons (Fsp3) is 0.176. The van der Waals surface area contributed by atoms with Crippen LogP contribution in [0.15, 0.2) is 157 Å². The van der Waals surface area contributed by atoms with E-state index < -0.39 is 0 Å². The van der Waals surface area contributed by atoms with Crippen LogP contribution in [0.5, 0.6) is 0 Å². The van der Waals surface area contributed by atoms with Gasteiger partial charge in [-0.2, -0.15) is 0 Å². The molecule has 1 aromatic heterocycles. The standard InChI is InChI=1S/C51H42S/c1-33-30-45-46(32-44(33)42-27-15-29-48-51(42)43-26-12-13-28-47(43)52-48)49(37-21-14-20-36(31-37)34-16-4-2-5-17-34)40-24-10-11-25-41(40)50(45)39-23-9-8-22-38(39)35-18-6-3-7-19-35/h3-4,6-11,13-25,27-29,31-33,45,50H,2,5,12,26,30H2,1H3. The molecule has 0 saturated carbocycles. The molecule has 0 amide bonds. The summed E-state index contributed by atoms with van der Waals surface area (Å²) in [5, 5.41) is 1.49. The maximum Gasteiger partial charge on any atom is 0.0358 e. The van der Waals surface area contributed by atoms with E-state index in [0.717, 1.165) is 32.1 Å². The molecule has 5 aromatic carbocycles. The number of benzene rings is 5. The summed E-state index contributed by atoms with van der Waals surface area (Å²) in [5.41, 5.74) is 18.2. The van der Waals surface area contributed by atoms with E-state index in [0.29, 0.717) is 11.8 Å². The molecule has 4 aliphatic rings. The minimum atomic E-state index is 0.244. The lowest BCUT2D eigenvalue weighted by atomic mass is 9.61. The molecule has 0 N–H and O–H groups in total. The van der Waals surface area contributed by atoms with Gasteiger partial charge in [0.25, 0.3) is 0 Å². The van der Waals surface area contributed by atoms with Crippen LogP contribution in [0, 0.1) is 11.8 Å². The maximum absolute atomic E-state index is 2.66. The molecule has 0 spiro atoms. The molecule has 0 saturated heterocycles. The van der Waals surface area contributed by atoms with Crippen LogP contribution >= 0.6 is 11.3 Å². The molecular formula is C51H42S. The summed E-state index contributed by atoms with van der Waals surface area (Å²) in [4.78, 5) is 1.45. The molecule has 0 fully saturated rings. The van der Waals surface area contributed by atoms with Crippen molar-refractivity contribution in [3.63, 3.8) is 0 Å². The minimum Gasteiger partial charge on any atom is -0.136 e. The Bertz CT molecular complexity index is 2510. The molecule has 252 valence electrons. The van der Waals surface area contributed by atoms with E-state index in [4.69, 9.17) is 0 Å². The molecule has 1 heterocycles. The second-order valence-electron chi connectivity index (χ2n) is 15.0. The highest BCUT2D eigenvalue weighted by Crippen LogP contribution is 2.56. The van der Waals surface area contributed by atoms with E-state index in [-0.39, 0.29) is 5.92 Å². The van der Waals surface area contributed by atoms with Crippen molar-refractivity contribution in [2.75, 3.05) is 0 Å². The van der Waals surface area contributed by atoms with Gasteiger partial charge in [-0.05, 0) is 135 Å². The Morgan fingerprint density at radius 1 is 0.615 bits per heavy atom. The van der Waals surface area contributed by atoms with E-state index in [2.05, 4.69) is 165 Å². The summed E-state index contributed by atoms with van der Waals surface area (Å²) in [7, 11) is 0. The van der Waals surface area contributed by atoms with Gasteiger partial charge in [0.05, 0.1) is 0 Å². The third-order valence-electron chi connectivity index (χ3n) is 12.0. The zero-order valence-electron chi connectivity index (χ0n) is 29.7. The van der Waals surface area contributed by atoms with Crippen molar-refractivity contribution in [1.82, 2.24) is 0 Å². The minimum absolute atomic E-state index is 0.244. The first-order valence-corrected chi connectivity index (χ1v) is 19.9. The zero-order valence-corrected chi connectivity index (χ0v) is 30.5. The van der Waals surface area contributed by atoms with Crippen molar-refractivity contribution in [3.05, 3.63) is 201 Å². The number of rotatable bonds is 5. The van der Waals surface area contributed by atoms with Crippen molar-refractivity contribution in [2.24, 2.45) is 11.8 Å². The molecule has 52 heavy (non-hydrogen) atoms. The van der Waals surface area contributed by atoms with Gasteiger partial charge in [-0.3, -0.25) is 0 Å². The largest absolute Gasteiger partial charge is 0.136 e. The summed E-state index contributed by atoms with van der Waals surface area (Å²) < 4.78 is 1.42. The van der Waals surface area contributed by atoms with E-state index in [1.54, 1.807) is 5.56 Å². The van der Waals surface area contributed by atoms with Gasteiger partial charge >= 0.3 is 0 Å². The average molecular weight is 687 g/mol. The predicted octanol–water partition coefficient (Wildman–Crippen LogP) is 13.9. The first kappa shape index (κ1) is 31.5. The number of thiophene rings is 1. The molecule has 0 bridgehead atoms. The van der Waals surface area contributed by atoms with Gasteiger partial charge < -0.3 is 0 Å². The third kappa shape index (κ3) is 5.25. The topological polar surface area (TPSA) is 0 Å². The lowest BCUT2D eigenvalue weighted by Crippen LogP contribution is -2.28. The predicted molar refractivity (Wildman–Crippen MR) is 223 cm³/mol. The van der Waals surface area contributed by atoms with Crippen molar-refractivity contribution in [1.29, 1.82) is 0 Å². The van der Waals surface area contributed by atoms with Crippen molar-refractivity contribution < 1.29 is 0 Å². The van der Waals surface area contributed by atoms with Gasteiger partial charge in [-0.1, -0.05) is 146 Å². The highest BCUT2D eigenvalue weighted by molar-refractivity contribution is 7.20. The van der Waals surface area contributed by atoms with Crippen LogP contribution in [-0.4, -0.2) is 0 Å². The Morgan fingerprint density at radius 3 is 2.17 bits per heavy atom. The van der Waals surface area contributed by atoms with Gasteiger partial charge in [0.15, 0.2) is 0 Å². The van der Waals surface area contributed by atoms with Crippen molar-refractivity contribution >= 4 is 44.2 Å². The smallest absolute Gasteiger partial charge is 0.0358 e. The fourth-order valence-corrected chi connectivity index (χ4v) is 10.9. The summed E-state index contributed by atoms with van der Waals surface area (Å²) >= 11 is 1.97. The molecule has 1 heteroatoms. The number of fused-ring (bicyclic) bond motifs is 5. The van der Waals surface area contributed by atoms with Crippen molar-refractivity contribution in [3.8, 4) is 11.1 Å². The quantitative estimate of drug-likeness (QED) is 0.169. The summed E-state index contributed by atoms with van der Waals surface area (Å²) in [5.74, 6) is 0.994. The Hall–Kier alpha value is -5.24.